The first-order chi connectivity index (χ1) is 11.7. The van der Waals surface area contributed by atoms with Gasteiger partial charge in [-0.2, -0.15) is 11.3 Å². The number of rotatable bonds is 7. The lowest BCUT2D eigenvalue weighted by atomic mass is 10.0. The van der Waals surface area contributed by atoms with E-state index in [1.165, 1.54) is 16.3 Å². The third-order valence-electron chi connectivity index (χ3n) is 4.10. The molecule has 0 aliphatic carbocycles. The molecule has 24 heavy (non-hydrogen) atoms. The van der Waals surface area contributed by atoms with Crippen molar-refractivity contribution in [3.8, 4) is 0 Å². The summed E-state index contributed by atoms with van der Waals surface area (Å²) in [7, 11) is 0. The summed E-state index contributed by atoms with van der Waals surface area (Å²) in [6.45, 7) is 0.269. The highest BCUT2D eigenvalue weighted by molar-refractivity contribution is 7.07. The van der Waals surface area contributed by atoms with Crippen LogP contribution in [0.1, 0.15) is 30.1 Å². The lowest BCUT2D eigenvalue weighted by molar-refractivity contribution is -0.121. The minimum Gasteiger partial charge on any atom is -0.387 e. The number of thiophene rings is 1. The van der Waals surface area contributed by atoms with Gasteiger partial charge in [-0.1, -0.05) is 42.5 Å². The number of carbonyl (C=O) groups is 1. The van der Waals surface area contributed by atoms with E-state index in [-0.39, 0.29) is 12.5 Å². The second kappa shape index (κ2) is 8.08. The zero-order chi connectivity index (χ0) is 16.8. The van der Waals surface area contributed by atoms with E-state index in [4.69, 9.17) is 0 Å². The Morgan fingerprint density at radius 2 is 1.96 bits per heavy atom. The Bertz CT molecular complexity index is 798. The SMILES string of the molecule is O=C(CCCc1ccc2ccccc2c1)NCC(O)c1ccsc1. The van der Waals surface area contributed by atoms with E-state index >= 15 is 0 Å². The van der Waals surface area contributed by atoms with Gasteiger partial charge in [0.05, 0.1) is 6.10 Å². The molecule has 0 radical (unpaired) electrons. The molecule has 124 valence electrons. The van der Waals surface area contributed by atoms with Gasteiger partial charge in [-0.3, -0.25) is 4.79 Å². The Morgan fingerprint density at radius 1 is 1.12 bits per heavy atom. The summed E-state index contributed by atoms with van der Waals surface area (Å²) < 4.78 is 0. The summed E-state index contributed by atoms with van der Waals surface area (Å²) in [6.07, 6.45) is 1.54. The molecule has 2 aromatic carbocycles. The van der Waals surface area contributed by atoms with Crippen LogP contribution in [0.2, 0.25) is 0 Å². The minimum absolute atomic E-state index is 0.00920. The number of aliphatic hydroxyl groups excluding tert-OH is 1. The van der Waals surface area contributed by atoms with Gasteiger partial charge in [0.1, 0.15) is 0 Å². The van der Waals surface area contributed by atoms with E-state index < -0.39 is 6.10 Å². The molecule has 1 aromatic heterocycles. The third kappa shape index (κ3) is 4.43. The monoisotopic (exact) mass is 339 g/mol. The largest absolute Gasteiger partial charge is 0.387 e. The second-order valence-corrected chi connectivity index (χ2v) is 6.69. The Balaban J connectivity index is 1.42. The molecule has 1 heterocycles. The molecule has 1 amide bonds. The lowest BCUT2D eigenvalue weighted by Gasteiger charge is -2.10. The molecule has 1 unspecified atom stereocenters. The molecule has 3 rings (SSSR count). The molecule has 0 bridgehead atoms. The standard InChI is InChI=1S/C20H21NO2S/c22-19(18-10-11-24-14-18)13-21-20(23)7-3-4-15-8-9-16-5-1-2-6-17(16)12-15/h1-2,5-6,8-12,14,19,22H,3-4,7,13H2,(H,21,23). The van der Waals surface area contributed by atoms with E-state index in [0.717, 1.165) is 18.4 Å². The normalized spacial score (nSPS) is 12.2. The number of carbonyl (C=O) groups excluding carboxylic acids is 1. The number of amides is 1. The maximum atomic E-state index is 11.9. The van der Waals surface area contributed by atoms with Crippen LogP contribution in [0.15, 0.2) is 59.3 Å². The molecule has 0 saturated heterocycles. The van der Waals surface area contributed by atoms with Crippen molar-refractivity contribution < 1.29 is 9.90 Å². The van der Waals surface area contributed by atoms with Gasteiger partial charge < -0.3 is 10.4 Å². The molecule has 0 aliphatic heterocycles. The maximum Gasteiger partial charge on any atom is 0.220 e. The Labute approximate surface area is 146 Å². The molecule has 3 aromatic rings. The fourth-order valence-corrected chi connectivity index (χ4v) is 3.44. The van der Waals surface area contributed by atoms with Crippen molar-refractivity contribution in [1.29, 1.82) is 0 Å². The van der Waals surface area contributed by atoms with Crippen LogP contribution in [0.3, 0.4) is 0 Å². The molecule has 0 aliphatic rings. The number of nitrogens with one attached hydrogen (secondary N) is 1. The minimum atomic E-state index is -0.624. The lowest BCUT2D eigenvalue weighted by Crippen LogP contribution is -2.28. The van der Waals surface area contributed by atoms with Crippen molar-refractivity contribution >= 4 is 28.0 Å². The number of hydrogen-bond acceptors (Lipinski definition) is 3. The molecule has 0 spiro atoms. The van der Waals surface area contributed by atoms with Gasteiger partial charge in [-0.25, -0.2) is 0 Å². The first-order valence-corrected chi connectivity index (χ1v) is 9.11. The van der Waals surface area contributed by atoms with E-state index in [1.807, 2.05) is 29.0 Å². The van der Waals surface area contributed by atoms with E-state index in [0.29, 0.717) is 6.42 Å². The van der Waals surface area contributed by atoms with Crippen molar-refractivity contribution in [2.24, 2.45) is 0 Å². The summed E-state index contributed by atoms with van der Waals surface area (Å²) in [5.41, 5.74) is 2.11. The van der Waals surface area contributed by atoms with Crippen LogP contribution in [0.25, 0.3) is 10.8 Å². The Hall–Kier alpha value is -2.17. The van der Waals surface area contributed by atoms with Crippen molar-refractivity contribution in [2.75, 3.05) is 6.54 Å². The van der Waals surface area contributed by atoms with Gasteiger partial charge in [0.15, 0.2) is 0 Å². The van der Waals surface area contributed by atoms with Crippen molar-refractivity contribution in [3.63, 3.8) is 0 Å². The highest BCUT2D eigenvalue weighted by atomic mass is 32.1. The van der Waals surface area contributed by atoms with Gasteiger partial charge in [-0.15, -0.1) is 0 Å². The van der Waals surface area contributed by atoms with Crippen LogP contribution in [-0.4, -0.2) is 17.6 Å². The summed E-state index contributed by atoms with van der Waals surface area (Å²) in [5.74, 6) is -0.00920. The van der Waals surface area contributed by atoms with Crippen molar-refractivity contribution in [1.82, 2.24) is 5.32 Å². The molecular weight excluding hydrogens is 318 g/mol. The molecule has 1 atom stereocenters. The summed E-state index contributed by atoms with van der Waals surface area (Å²) >= 11 is 1.54. The number of aryl methyl sites for hydroxylation is 1. The van der Waals surface area contributed by atoms with E-state index in [1.54, 1.807) is 11.3 Å². The number of fused-ring (bicyclic) bond motifs is 1. The molecule has 2 N–H and O–H groups in total. The molecule has 3 nitrogen and oxygen atoms in total. The fourth-order valence-electron chi connectivity index (χ4n) is 2.73. The van der Waals surface area contributed by atoms with Crippen LogP contribution in [-0.2, 0) is 11.2 Å². The Morgan fingerprint density at radius 3 is 2.75 bits per heavy atom. The van der Waals surface area contributed by atoms with Gasteiger partial charge >= 0.3 is 0 Å². The average Bonchev–Trinajstić information content (AvgIpc) is 3.14. The van der Waals surface area contributed by atoms with Crippen LogP contribution >= 0.6 is 11.3 Å². The predicted molar refractivity (Wildman–Crippen MR) is 99.2 cm³/mol. The molecule has 4 heteroatoms. The van der Waals surface area contributed by atoms with Gasteiger partial charge in [0.2, 0.25) is 5.91 Å². The van der Waals surface area contributed by atoms with Crippen LogP contribution in [0.4, 0.5) is 0 Å². The van der Waals surface area contributed by atoms with Crippen LogP contribution in [0, 0.1) is 0 Å². The molecular formula is C20H21NO2S. The first kappa shape index (κ1) is 16.7. The maximum absolute atomic E-state index is 11.9. The zero-order valence-corrected chi connectivity index (χ0v) is 14.3. The average molecular weight is 339 g/mol. The second-order valence-electron chi connectivity index (χ2n) is 5.91. The summed E-state index contributed by atoms with van der Waals surface area (Å²) in [4.78, 5) is 11.9. The van der Waals surface area contributed by atoms with E-state index in [9.17, 15) is 9.90 Å². The van der Waals surface area contributed by atoms with Gasteiger partial charge in [0, 0.05) is 13.0 Å². The predicted octanol–water partition coefficient (Wildman–Crippen LogP) is 4.07. The van der Waals surface area contributed by atoms with E-state index in [2.05, 4.69) is 35.6 Å². The number of benzene rings is 2. The summed E-state index contributed by atoms with van der Waals surface area (Å²) in [5, 5.41) is 19.0. The Kier molecular flexibility index (Phi) is 5.62. The molecule has 0 fully saturated rings. The fraction of sp³-hybridized carbons (Fsp3) is 0.250. The number of aliphatic hydroxyl groups is 1. The summed E-state index contributed by atoms with van der Waals surface area (Å²) in [6, 6.07) is 16.6. The quantitative estimate of drug-likeness (QED) is 0.681. The van der Waals surface area contributed by atoms with Gasteiger partial charge in [0.25, 0.3) is 0 Å². The smallest absolute Gasteiger partial charge is 0.220 e. The van der Waals surface area contributed by atoms with Crippen molar-refractivity contribution in [3.05, 3.63) is 70.4 Å². The first-order valence-electron chi connectivity index (χ1n) is 8.17. The zero-order valence-electron chi connectivity index (χ0n) is 13.4. The molecule has 0 saturated carbocycles. The topological polar surface area (TPSA) is 49.3 Å². The van der Waals surface area contributed by atoms with Crippen LogP contribution in [0.5, 0.6) is 0 Å². The van der Waals surface area contributed by atoms with Crippen LogP contribution < -0.4 is 5.32 Å². The van der Waals surface area contributed by atoms with Gasteiger partial charge in [-0.05, 0) is 51.6 Å². The third-order valence-corrected chi connectivity index (χ3v) is 4.81. The van der Waals surface area contributed by atoms with Crippen molar-refractivity contribution in [2.45, 2.75) is 25.4 Å². The highest BCUT2D eigenvalue weighted by Crippen LogP contribution is 2.17. The number of hydrogen-bond donors (Lipinski definition) is 2. The highest BCUT2D eigenvalue weighted by Gasteiger charge is 2.09.